The van der Waals surface area contributed by atoms with Gasteiger partial charge in [0.25, 0.3) is 0 Å². The molecule has 1 heterocycles. The average molecular weight is 227 g/mol. The van der Waals surface area contributed by atoms with Crippen LogP contribution in [0.15, 0.2) is 0 Å². The summed E-state index contributed by atoms with van der Waals surface area (Å²) >= 11 is 0. The summed E-state index contributed by atoms with van der Waals surface area (Å²) in [4.78, 5) is 13.4. The summed E-state index contributed by atoms with van der Waals surface area (Å²) in [7, 11) is 1.72. The zero-order chi connectivity index (χ0) is 11.8. The first-order valence-electron chi connectivity index (χ1n) is 6.08. The Kier molecular flexibility index (Phi) is 3.22. The van der Waals surface area contributed by atoms with Crippen molar-refractivity contribution in [1.29, 1.82) is 0 Å². The van der Waals surface area contributed by atoms with Crippen molar-refractivity contribution in [3.8, 4) is 0 Å². The number of likely N-dealkylation sites (tertiary alicyclic amines) is 1. The third-order valence-electron chi connectivity index (χ3n) is 3.90. The van der Waals surface area contributed by atoms with Crippen LogP contribution in [0.25, 0.3) is 0 Å². The van der Waals surface area contributed by atoms with E-state index in [1.54, 1.807) is 7.11 Å². The molecule has 0 spiro atoms. The van der Waals surface area contributed by atoms with Gasteiger partial charge in [0.1, 0.15) is 6.04 Å². The molecule has 0 radical (unpaired) electrons. The van der Waals surface area contributed by atoms with Crippen LogP contribution in [0.1, 0.15) is 32.6 Å². The van der Waals surface area contributed by atoms with Gasteiger partial charge >= 0.3 is 5.97 Å². The fraction of sp³-hybridized carbons (Fsp3) is 0.917. The largest absolute Gasteiger partial charge is 0.480 e. The van der Waals surface area contributed by atoms with Crippen LogP contribution in [0.5, 0.6) is 0 Å². The predicted octanol–water partition coefficient (Wildman–Crippen LogP) is 1.35. The van der Waals surface area contributed by atoms with Crippen LogP contribution in [0.3, 0.4) is 0 Å². The van der Waals surface area contributed by atoms with Gasteiger partial charge in [0.15, 0.2) is 0 Å². The van der Waals surface area contributed by atoms with E-state index in [-0.39, 0.29) is 11.6 Å². The van der Waals surface area contributed by atoms with Crippen molar-refractivity contribution >= 4 is 5.97 Å². The molecular weight excluding hydrogens is 206 g/mol. The molecule has 0 amide bonds. The van der Waals surface area contributed by atoms with Gasteiger partial charge in [0, 0.05) is 13.7 Å². The van der Waals surface area contributed by atoms with Crippen molar-refractivity contribution in [2.24, 2.45) is 5.92 Å². The maximum Gasteiger partial charge on any atom is 0.321 e. The maximum absolute atomic E-state index is 11.3. The molecule has 4 nitrogen and oxygen atoms in total. The van der Waals surface area contributed by atoms with Crippen LogP contribution in [-0.4, -0.2) is 47.8 Å². The number of methoxy groups -OCH3 is 1. The fourth-order valence-corrected chi connectivity index (χ4v) is 2.72. The van der Waals surface area contributed by atoms with Crippen LogP contribution >= 0.6 is 0 Å². The van der Waals surface area contributed by atoms with Crippen molar-refractivity contribution in [1.82, 2.24) is 4.90 Å². The van der Waals surface area contributed by atoms with E-state index < -0.39 is 5.97 Å². The maximum atomic E-state index is 11.3. The Balaban J connectivity index is 2.04. The Morgan fingerprint density at radius 2 is 2.25 bits per heavy atom. The first kappa shape index (κ1) is 11.9. The molecule has 0 aromatic heterocycles. The molecule has 0 bridgehead atoms. The lowest BCUT2D eigenvalue weighted by Crippen LogP contribution is -2.54. The molecule has 2 atom stereocenters. The van der Waals surface area contributed by atoms with Gasteiger partial charge in [-0.2, -0.15) is 0 Å². The quantitative estimate of drug-likeness (QED) is 0.787. The number of ether oxygens (including phenoxy) is 1. The zero-order valence-electron chi connectivity index (χ0n) is 10.1. The van der Waals surface area contributed by atoms with Crippen molar-refractivity contribution < 1.29 is 14.6 Å². The highest BCUT2D eigenvalue weighted by Crippen LogP contribution is 2.37. The summed E-state index contributed by atoms with van der Waals surface area (Å²) in [5, 5.41) is 9.30. The highest BCUT2D eigenvalue weighted by Gasteiger charge is 2.43. The normalized spacial score (nSPS) is 33.6. The summed E-state index contributed by atoms with van der Waals surface area (Å²) < 4.78 is 5.50. The minimum atomic E-state index is -0.664. The van der Waals surface area contributed by atoms with Gasteiger partial charge in [-0.25, -0.2) is 0 Å². The Bertz CT molecular complexity index is 277. The van der Waals surface area contributed by atoms with Gasteiger partial charge in [-0.05, 0) is 45.1 Å². The lowest BCUT2D eigenvalue weighted by atomic mass is 9.93. The Hall–Kier alpha value is -0.610. The fourth-order valence-electron chi connectivity index (χ4n) is 2.72. The molecule has 2 unspecified atom stereocenters. The molecular formula is C12H21NO3. The first-order valence-corrected chi connectivity index (χ1v) is 6.08. The van der Waals surface area contributed by atoms with E-state index in [0.717, 1.165) is 38.8 Å². The van der Waals surface area contributed by atoms with Gasteiger partial charge in [-0.3, -0.25) is 9.69 Å². The summed E-state index contributed by atoms with van der Waals surface area (Å²) in [6, 6.07) is -0.283. The number of carbonyl (C=O) groups is 1. The number of carboxylic acids is 1. The second-order valence-corrected chi connectivity index (χ2v) is 5.35. The smallest absolute Gasteiger partial charge is 0.321 e. The van der Waals surface area contributed by atoms with Crippen LogP contribution in [0.2, 0.25) is 0 Å². The predicted molar refractivity (Wildman–Crippen MR) is 60.4 cm³/mol. The van der Waals surface area contributed by atoms with Crippen LogP contribution in [0.4, 0.5) is 0 Å². The monoisotopic (exact) mass is 227 g/mol. The van der Waals surface area contributed by atoms with E-state index in [9.17, 15) is 9.90 Å². The minimum Gasteiger partial charge on any atom is -0.480 e. The van der Waals surface area contributed by atoms with Gasteiger partial charge in [0.05, 0.1) is 5.60 Å². The van der Waals surface area contributed by atoms with Crippen LogP contribution < -0.4 is 0 Å². The van der Waals surface area contributed by atoms with E-state index in [2.05, 4.69) is 11.8 Å². The molecule has 1 aliphatic carbocycles. The van der Waals surface area contributed by atoms with Crippen molar-refractivity contribution in [2.75, 3.05) is 20.2 Å². The molecule has 1 saturated heterocycles. The van der Waals surface area contributed by atoms with Gasteiger partial charge in [-0.15, -0.1) is 0 Å². The second-order valence-electron chi connectivity index (χ2n) is 5.35. The van der Waals surface area contributed by atoms with Gasteiger partial charge in [0.2, 0.25) is 0 Å². The van der Waals surface area contributed by atoms with E-state index >= 15 is 0 Å². The zero-order valence-corrected chi connectivity index (χ0v) is 10.1. The number of rotatable bonds is 4. The summed E-state index contributed by atoms with van der Waals surface area (Å²) in [5.41, 5.74) is -0.166. The first-order chi connectivity index (χ1) is 7.56. The molecule has 1 N–H and O–H groups in total. The molecule has 92 valence electrons. The highest BCUT2D eigenvalue weighted by atomic mass is 16.5. The summed E-state index contributed by atoms with van der Waals surface area (Å²) in [6.45, 7) is 3.72. The average Bonchev–Trinajstić information content (AvgIpc) is 3.02. The van der Waals surface area contributed by atoms with E-state index in [0.29, 0.717) is 5.92 Å². The summed E-state index contributed by atoms with van der Waals surface area (Å²) in [6.07, 6.45) is 4.19. The Labute approximate surface area is 96.6 Å². The number of nitrogens with zero attached hydrogens (tertiary/aromatic N) is 1. The van der Waals surface area contributed by atoms with Crippen LogP contribution in [0, 0.1) is 5.92 Å². The SMILES string of the molecule is COC1(C)CCCN(C(C(=O)O)C2CC2)C1. The van der Waals surface area contributed by atoms with Crippen molar-refractivity contribution in [2.45, 2.75) is 44.2 Å². The van der Waals surface area contributed by atoms with E-state index in [1.165, 1.54) is 0 Å². The molecule has 0 aromatic carbocycles. The summed E-state index contributed by atoms with van der Waals surface area (Å²) in [5.74, 6) is -0.292. The third-order valence-corrected chi connectivity index (χ3v) is 3.90. The topological polar surface area (TPSA) is 49.8 Å². The van der Waals surface area contributed by atoms with Crippen molar-refractivity contribution in [3.63, 3.8) is 0 Å². The molecule has 2 fully saturated rings. The molecule has 1 aliphatic heterocycles. The Morgan fingerprint density at radius 3 is 2.75 bits per heavy atom. The minimum absolute atomic E-state index is 0.166. The molecule has 1 saturated carbocycles. The third kappa shape index (κ3) is 2.38. The standard InChI is InChI=1S/C12H21NO3/c1-12(16-2)6-3-7-13(8-12)10(11(14)15)9-4-5-9/h9-10H,3-8H2,1-2H3,(H,14,15). The van der Waals surface area contributed by atoms with Gasteiger partial charge in [-0.1, -0.05) is 0 Å². The van der Waals surface area contributed by atoms with E-state index in [1.807, 2.05) is 0 Å². The number of carboxylic acid groups (broad SMARTS) is 1. The Morgan fingerprint density at radius 1 is 1.56 bits per heavy atom. The number of piperidine rings is 1. The molecule has 16 heavy (non-hydrogen) atoms. The van der Waals surface area contributed by atoms with E-state index in [4.69, 9.17) is 4.74 Å². The molecule has 4 heteroatoms. The second kappa shape index (κ2) is 4.34. The number of aliphatic carboxylic acids is 1. The lowest BCUT2D eigenvalue weighted by molar-refractivity contribution is -0.147. The van der Waals surface area contributed by atoms with Crippen LogP contribution in [-0.2, 0) is 9.53 Å². The number of hydrogen-bond acceptors (Lipinski definition) is 3. The number of hydrogen-bond donors (Lipinski definition) is 1. The lowest BCUT2D eigenvalue weighted by Gasteiger charge is -2.42. The highest BCUT2D eigenvalue weighted by molar-refractivity contribution is 5.74. The molecule has 2 rings (SSSR count). The molecule has 2 aliphatic rings. The molecule has 0 aromatic rings. The van der Waals surface area contributed by atoms with Crippen molar-refractivity contribution in [3.05, 3.63) is 0 Å². The van der Waals surface area contributed by atoms with Gasteiger partial charge < -0.3 is 9.84 Å².